The number of aromatic nitrogens is 1. The summed E-state index contributed by atoms with van der Waals surface area (Å²) in [6, 6.07) is 6.04. The number of hydrogen-bond acceptors (Lipinski definition) is 4. The number of pyridine rings is 1. The second-order valence-corrected chi connectivity index (χ2v) is 4.27. The fourth-order valence-electron chi connectivity index (χ4n) is 1.74. The molecular weight excluding hydrogens is 226 g/mol. The number of nitrogens with one attached hydrogen (secondary N) is 2. The van der Waals surface area contributed by atoms with Crippen LogP contribution >= 0.6 is 0 Å². The fraction of sp³-hybridized carbons (Fsp3) is 0.357. The summed E-state index contributed by atoms with van der Waals surface area (Å²) in [5.74, 6) is 0.918. The maximum Gasteiger partial charge on any atom is 0.125 e. The second-order valence-electron chi connectivity index (χ2n) is 4.27. The topological polar surface area (TPSA) is 50.1 Å². The van der Waals surface area contributed by atoms with E-state index in [2.05, 4.69) is 35.5 Å². The Kier molecular flexibility index (Phi) is 4.23. The molecule has 1 atom stereocenters. The lowest BCUT2D eigenvalue weighted by Crippen LogP contribution is -2.07. The highest BCUT2D eigenvalue weighted by Crippen LogP contribution is 2.20. The Balaban J connectivity index is 2.00. The van der Waals surface area contributed by atoms with Crippen molar-refractivity contribution in [2.75, 3.05) is 17.2 Å². The van der Waals surface area contributed by atoms with Crippen LogP contribution in [0, 0.1) is 0 Å². The molecule has 0 saturated carbocycles. The number of furan rings is 1. The molecule has 0 aliphatic rings. The Morgan fingerprint density at radius 3 is 2.89 bits per heavy atom. The van der Waals surface area contributed by atoms with Gasteiger partial charge >= 0.3 is 0 Å². The molecular formula is C14H19N3O. The molecule has 0 aromatic carbocycles. The molecule has 0 bridgehead atoms. The third kappa shape index (κ3) is 3.26. The van der Waals surface area contributed by atoms with E-state index in [9.17, 15) is 0 Å². The number of anilines is 2. The summed E-state index contributed by atoms with van der Waals surface area (Å²) in [7, 11) is 0. The Hall–Kier alpha value is -1.97. The Labute approximate surface area is 107 Å². The zero-order valence-electron chi connectivity index (χ0n) is 10.8. The Morgan fingerprint density at radius 1 is 1.33 bits per heavy atom. The van der Waals surface area contributed by atoms with E-state index < -0.39 is 0 Å². The van der Waals surface area contributed by atoms with E-state index in [1.807, 2.05) is 24.5 Å². The molecule has 2 N–H and O–H groups in total. The zero-order valence-corrected chi connectivity index (χ0v) is 10.8. The van der Waals surface area contributed by atoms with Crippen LogP contribution in [-0.2, 0) is 0 Å². The smallest absolute Gasteiger partial charge is 0.125 e. The monoisotopic (exact) mass is 245 g/mol. The minimum atomic E-state index is 0.128. The lowest BCUT2D eigenvalue weighted by Gasteiger charge is -2.13. The highest BCUT2D eigenvalue weighted by molar-refractivity contribution is 5.54. The van der Waals surface area contributed by atoms with Gasteiger partial charge in [-0.25, -0.2) is 0 Å². The summed E-state index contributed by atoms with van der Waals surface area (Å²) in [6.45, 7) is 5.16. The SMILES string of the molecule is CCCNc1cncc(NC(C)c2ccco2)c1. The van der Waals surface area contributed by atoms with Gasteiger partial charge in [-0.15, -0.1) is 0 Å². The van der Waals surface area contributed by atoms with Gasteiger partial charge in [-0.2, -0.15) is 0 Å². The first-order chi connectivity index (χ1) is 8.79. The maximum absolute atomic E-state index is 5.36. The van der Waals surface area contributed by atoms with E-state index in [1.54, 1.807) is 6.26 Å². The van der Waals surface area contributed by atoms with Gasteiger partial charge in [-0.3, -0.25) is 4.98 Å². The van der Waals surface area contributed by atoms with Crippen molar-refractivity contribution >= 4 is 11.4 Å². The van der Waals surface area contributed by atoms with Crippen LogP contribution in [0.3, 0.4) is 0 Å². The summed E-state index contributed by atoms with van der Waals surface area (Å²) in [5.41, 5.74) is 2.02. The molecule has 0 radical (unpaired) electrons. The van der Waals surface area contributed by atoms with Crippen molar-refractivity contribution in [2.45, 2.75) is 26.3 Å². The normalized spacial score (nSPS) is 12.1. The summed E-state index contributed by atoms with van der Waals surface area (Å²) >= 11 is 0. The predicted octanol–water partition coefficient (Wildman–Crippen LogP) is 3.67. The second kappa shape index (κ2) is 6.10. The van der Waals surface area contributed by atoms with E-state index in [1.165, 1.54) is 0 Å². The molecule has 2 aromatic rings. The van der Waals surface area contributed by atoms with Gasteiger partial charge in [0.15, 0.2) is 0 Å². The van der Waals surface area contributed by atoms with E-state index in [4.69, 9.17) is 4.42 Å². The van der Waals surface area contributed by atoms with Crippen molar-refractivity contribution in [3.8, 4) is 0 Å². The predicted molar refractivity (Wildman–Crippen MR) is 73.8 cm³/mol. The van der Waals surface area contributed by atoms with Crippen LogP contribution in [0.5, 0.6) is 0 Å². The lowest BCUT2D eigenvalue weighted by molar-refractivity contribution is 0.490. The Bertz CT molecular complexity index is 468. The third-order valence-electron chi connectivity index (χ3n) is 2.67. The fourth-order valence-corrected chi connectivity index (χ4v) is 1.74. The van der Waals surface area contributed by atoms with Crippen molar-refractivity contribution in [1.29, 1.82) is 0 Å². The van der Waals surface area contributed by atoms with E-state index >= 15 is 0 Å². The number of nitrogens with zero attached hydrogens (tertiary/aromatic N) is 1. The zero-order chi connectivity index (χ0) is 12.8. The molecule has 0 amide bonds. The first-order valence-corrected chi connectivity index (χ1v) is 6.28. The minimum Gasteiger partial charge on any atom is -0.467 e. The largest absolute Gasteiger partial charge is 0.467 e. The molecule has 96 valence electrons. The van der Waals surface area contributed by atoms with Crippen LogP contribution in [0.2, 0.25) is 0 Å². The van der Waals surface area contributed by atoms with Gasteiger partial charge in [0.2, 0.25) is 0 Å². The lowest BCUT2D eigenvalue weighted by atomic mass is 10.2. The highest BCUT2D eigenvalue weighted by atomic mass is 16.3. The summed E-state index contributed by atoms with van der Waals surface area (Å²) < 4.78 is 5.36. The van der Waals surface area contributed by atoms with Gasteiger partial charge in [-0.05, 0) is 31.5 Å². The molecule has 0 spiro atoms. The van der Waals surface area contributed by atoms with Crippen LogP contribution in [0.4, 0.5) is 11.4 Å². The highest BCUT2D eigenvalue weighted by Gasteiger charge is 2.08. The van der Waals surface area contributed by atoms with Gasteiger partial charge in [0.25, 0.3) is 0 Å². The third-order valence-corrected chi connectivity index (χ3v) is 2.67. The molecule has 1 unspecified atom stereocenters. The summed E-state index contributed by atoms with van der Waals surface area (Å²) in [4.78, 5) is 4.22. The first kappa shape index (κ1) is 12.5. The molecule has 4 heteroatoms. The summed E-state index contributed by atoms with van der Waals surface area (Å²) in [5, 5.41) is 6.68. The molecule has 18 heavy (non-hydrogen) atoms. The van der Waals surface area contributed by atoms with Crippen LogP contribution in [-0.4, -0.2) is 11.5 Å². The minimum absolute atomic E-state index is 0.128. The van der Waals surface area contributed by atoms with Crippen LogP contribution in [0.1, 0.15) is 32.1 Å². The van der Waals surface area contributed by atoms with Crippen molar-refractivity contribution in [2.24, 2.45) is 0 Å². The van der Waals surface area contributed by atoms with Gasteiger partial charge in [0.1, 0.15) is 5.76 Å². The van der Waals surface area contributed by atoms with E-state index in [-0.39, 0.29) is 6.04 Å². The van der Waals surface area contributed by atoms with Gasteiger partial charge in [-0.1, -0.05) is 6.92 Å². The van der Waals surface area contributed by atoms with Gasteiger partial charge in [0, 0.05) is 6.54 Å². The molecule has 0 fully saturated rings. The first-order valence-electron chi connectivity index (χ1n) is 6.28. The molecule has 0 aliphatic heterocycles. The molecule has 4 nitrogen and oxygen atoms in total. The van der Waals surface area contributed by atoms with E-state index in [0.717, 1.165) is 30.1 Å². The van der Waals surface area contributed by atoms with Gasteiger partial charge < -0.3 is 15.1 Å². The quantitative estimate of drug-likeness (QED) is 0.815. The van der Waals surface area contributed by atoms with Crippen LogP contribution in [0.25, 0.3) is 0 Å². The van der Waals surface area contributed by atoms with Crippen LogP contribution in [0.15, 0.2) is 41.3 Å². The average molecular weight is 245 g/mol. The summed E-state index contributed by atoms with van der Waals surface area (Å²) in [6.07, 6.45) is 6.43. The van der Waals surface area contributed by atoms with Gasteiger partial charge in [0.05, 0.1) is 36.1 Å². The van der Waals surface area contributed by atoms with E-state index in [0.29, 0.717) is 0 Å². The molecule has 0 saturated heterocycles. The molecule has 2 heterocycles. The van der Waals surface area contributed by atoms with Crippen LogP contribution < -0.4 is 10.6 Å². The Morgan fingerprint density at radius 2 is 2.17 bits per heavy atom. The average Bonchev–Trinajstić information content (AvgIpc) is 2.91. The van der Waals surface area contributed by atoms with Crippen molar-refractivity contribution in [1.82, 2.24) is 4.98 Å². The maximum atomic E-state index is 5.36. The molecule has 2 aromatic heterocycles. The van der Waals surface area contributed by atoms with Crippen molar-refractivity contribution < 1.29 is 4.42 Å². The molecule has 0 aliphatic carbocycles. The standard InChI is InChI=1S/C14H19N3O/c1-3-6-16-12-8-13(10-15-9-12)17-11(2)14-5-4-7-18-14/h4-5,7-11,16-17H,3,6H2,1-2H3. The number of rotatable bonds is 6. The van der Waals surface area contributed by atoms with Crippen molar-refractivity contribution in [3.05, 3.63) is 42.6 Å². The van der Waals surface area contributed by atoms with Crippen molar-refractivity contribution in [3.63, 3.8) is 0 Å². The number of hydrogen-bond donors (Lipinski definition) is 2. The molecule has 2 rings (SSSR count).